The van der Waals surface area contributed by atoms with Gasteiger partial charge in [0.2, 0.25) is 0 Å². The van der Waals surface area contributed by atoms with Crippen molar-refractivity contribution in [2.45, 2.75) is 26.3 Å². The Kier molecular flexibility index (Phi) is 5.63. The number of hydrogen-bond donors (Lipinski definition) is 1. The predicted molar refractivity (Wildman–Crippen MR) is 97.8 cm³/mol. The Labute approximate surface area is 153 Å². The fourth-order valence-electron chi connectivity index (χ4n) is 2.72. The number of thiazole rings is 1. The van der Waals surface area contributed by atoms with Gasteiger partial charge in [-0.2, -0.15) is 0 Å². The first kappa shape index (κ1) is 17.5. The van der Waals surface area contributed by atoms with Gasteiger partial charge in [0, 0.05) is 16.4 Å². The van der Waals surface area contributed by atoms with Gasteiger partial charge >= 0.3 is 0 Å². The molecule has 1 amide bonds. The monoisotopic (exact) mass is 411 g/mol. The molecule has 0 unspecified atom stereocenters. The van der Waals surface area contributed by atoms with Crippen LogP contribution in [-0.2, 0) is 6.54 Å². The predicted octanol–water partition coefficient (Wildman–Crippen LogP) is 4.53. The molecule has 1 aliphatic rings. The second kappa shape index (κ2) is 7.72. The van der Waals surface area contributed by atoms with E-state index in [1.54, 1.807) is 0 Å². The Morgan fingerprint density at radius 1 is 1.46 bits per heavy atom. The van der Waals surface area contributed by atoms with Crippen LogP contribution in [0.2, 0.25) is 0 Å². The van der Waals surface area contributed by atoms with Crippen molar-refractivity contribution in [2.24, 2.45) is 5.92 Å². The molecular weight excluding hydrogens is 393 g/mol. The Morgan fingerprint density at radius 3 is 2.96 bits per heavy atom. The number of rotatable bonds is 4. The molecule has 0 spiro atoms. The Hall–Kier alpha value is -1.31. The van der Waals surface area contributed by atoms with Gasteiger partial charge in [-0.3, -0.25) is 15.0 Å². The molecule has 1 aromatic heterocycles. The average Bonchev–Trinajstić information content (AvgIpc) is 2.99. The van der Waals surface area contributed by atoms with Crippen LogP contribution >= 0.6 is 27.3 Å². The second-order valence-corrected chi connectivity index (χ2v) is 7.89. The minimum Gasteiger partial charge on any atom is -0.298 e. The fraction of sp³-hybridized carbons (Fsp3) is 0.412. The molecule has 0 bridgehead atoms. The van der Waals surface area contributed by atoms with Gasteiger partial charge in [-0.1, -0.05) is 6.92 Å². The first-order valence-electron chi connectivity index (χ1n) is 7.94. The van der Waals surface area contributed by atoms with Crippen molar-refractivity contribution in [1.29, 1.82) is 0 Å². The average molecular weight is 412 g/mol. The van der Waals surface area contributed by atoms with Crippen LogP contribution in [0.4, 0.5) is 9.52 Å². The van der Waals surface area contributed by atoms with Crippen LogP contribution in [0.1, 0.15) is 35.8 Å². The molecule has 128 valence electrons. The maximum atomic E-state index is 13.3. The lowest BCUT2D eigenvalue weighted by Gasteiger charge is -2.29. The van der Waals surface area contributed by atoms with Crippen LogP contribution in [0.25, 0.3) is 0 Å². The van der Waals surface area contributed by atoms with Crippen molar-refractivity contribution < 1.29 is 9.18 Å². The van der Waals surface area contributed by atoms with Gasteiger partial charge in [-0.15, -0.1) is 11.3 Å². The van der Waals surface area contributed by atoms with Crippen molar-refractivity contribution in [3.05, 3.63) is 45.1 Å². The highest BCUT2D eigenvalue weighted by atomic mass is 79.9. The summed E-state index contributed by atoms with van der Waals surface area (Å²) in [6.45, 7) is 5.29. The van der Waals surface area contributed by atoms with Crippen LogP contribution in [0.5, 0.6) is 0 Å². The molecule has 1 saturated heterocycles. The van der Waals surface area contributed by atoms with Crippen molar-refractivity contribution >= 4 is 38.3 Å². The molecule has 4 nitrogen and oxygen atoms in total. The number of piperidine rings is 1. The number of halogens is 2. The normalized spacial score (nSPS) is 16.3. The number of hydrogen-bond acceptors (Lipinski definition) is 4. The summed E-state index contributed by atoms with van der Waals surface area (Å²) < 4.78 is 13.9. The summed E-state index contributed by atoms with van der Waals surface area (Å²) in [5.41, 5.74) is 1.22. The maximum absolute atomic E-state index is 13.3. The highest BCUT2D eigenvalue weighted by Gasteiger charge is 2.18. The molecule has 0 radical (unpaired) electrons. The number of nitrogens with one attached hydrogen (secondary N) is 1. The third-order valence-corrected chi connectivity index (χ3v) is 5.71. The van der Waals surface area contributed by atoms with E-state index in [4.69, 9.17) is 0 Å². The van der Waals surface area contributed by atoms with E-state index in [-0.39, 0.29) is 11.5 Å². The van der Waals surface area contributed by atoms with Crippen LogP contribution in [-0.4, -0.2) is 28.9 Å². The Bertz CT molecular complexity index is 728. The first-order chi connectivity index (χ1) is 11.5. The van der Waals surface area contributed by atoms with Gasteiger partial charge in [0.25, 0.3) is 5.91 Å². The topological polar surface area (TPSA) is 45.2 Å². The molecule has 0 saturated carbocycles. The summed E-state index contributed by atoms with van der Waals surface area (Å²) in [6.07, 6.45) is 2.45. The zero-order valence-corrected chi connectivity index (χ0v) is 15.8. The lowest BCUT2D eigenvalue weighted by Crippen LogP contribution is -2.32. The number of benzene rings is 1. The molecule has 0 aliphatic carbocycles. The summed E-state index contributed by atoms with van der Waals surface area (Å²) in [5, 5.41) is 5.25. The third-order valence-electron chi connectivity index (χ3n) is 4.21. The Balaban J connectivity index is 1.61. The number of carbonyl (C=O) groups is 1. The van der Waals surface area contributed by atoms with Gasteiger partial charge in [0.05, 0.1) is 11.3 Å². The molecule has 1 aliphatic heterocycles. The van der Waals surface area contributed by atoms with E-state index in [1.807, 2.05) is 5.38 Å². The van der Waals surface area contributed by atoms with Crippen molar-refractivity contribution in [1.82, 2.24) is 9.88 Å². The molecule has 1 fully saturated rings. The highest BCUT2D eigenvalue weighted by Crippen LogP contribution is 2.23. The van der Waals surface area contributed by atoms with Gasteiger partial charge in [0.1, 0.15) is 5.82 Å². The molecule has 1 aromatic carbocycles. The van der Waals surface area contributed by atoms with Gasteiger partial charge in [-0.05, 0) is 66.0 Å². The van der Waals surface area contributed by atoms with E-state index in [9.17, 15) is 9.18 Å². The zero-order valence-electron chi connectivity index (χ0n) is 13.4. The van der Waals surface area contributed by atoms with E-state index < -0.39 is 5.82 Å². The summed E-state index contributed by atoms with van der Waals surface area (Å²) in [5.74, 6) is -0.00664. The van der Waals surface area contributed by atoms with E-state index in [0.29, 0.717) is 9.60 Å². The van der Waals surface area contributed by atoms with Gasteiger partial charge < -0.3 is 0 Å². The number of likely N-dealkylation sites (tertiary alicyclic amines) is 1. The van der Waals surface area contributed by atoms with Crippen LogP contribution in [0.15, 0.2) is 28.1 Å². The van der Waals surface area contributed by atoms with Crippen molar-refractivity contribution in [3.63, 3.8) is 0 Å². The fourth-order valence-corrected chi connectivity index (χ4v) is 3.85. The molecule has 2 aromatic rings. The molecule has 24 heavy (non-hydrogen) atoms. The first-order valence-corrected chi connectivity index (χ1v) is 9.61. The molecule has 0 atom stereocenters. The summed E-state index contributed by atoms with van der Waals surface area (Å²) >= 11 is 4.66. The number of anilines is 1. The quantitative estimate of drug-likeness (QED) is 0.803. The number of nitrogens with zero attached hydrogens (tertiary/aromatic N) is 2. The SMILES string of the molecule is CC1CCN(Cc2csc(NC(=O)c3cc(F)ccc3Br)n2)CC1. The number of carbonyl (C=O) groups excluding carboxylic acids is 1. The summed E-state index contributed by atoms with van der Waals surface area (Å²) in [7, 11) is 0. The number of amides is 1. The lowest BCUT2D eigenvalue weighted by molar-refractivity contribution is 0.102. The van der Waals surface area contributed by atoms with Gasteiger partial charge in [0.15, 0.2) is 5.13 Å². The zero-order chi connectivity index (χ0) is 17.1. The lowest BCUT2D eigenvalue weighted by atomic mass is 9.99. The van der Waals surface area contributed by atoms with E-state index in [2.05, 4.69) is 38.1 Å². The minimum atomic E-state index is -0.442. The van der Waals surface area contributed by atoms with E-state index in [1.165, 1.54) is 42.4 Å². The van der Waals surface area contributed by atoms with E-state index >= 15 is 0 Å². The standard InChI is InChI=1S/C17H19BrFN3OS/c1-11-4-6-22(7-5-11)9-13-10-24-17(20-13)21-16(23)14-8-12(19)2-3-15(14)18/h2-3,8,10-11H,4-7,9H2,1H3,(H,20,21,23). The second-order valence-electron chi connectivity index (χ2n) is 6.18. The smallest absolute Gasteiger partial charge is 0.258 e. The molecular formula is C17H19BrFN3OS. The molecule has 1 N–H and O–H groups in total. The van der Waals surface area contributed by atoms with Crippen LogP contribution < -0.4 is 5.32 Å². The largest absolute Gasteiger partial charge is 0.298 e. The molecule has 7 heteroatoms. The molecule has 3 rings (SSSR count). The third kappa shape index (κ3) is 4.40. The van der Waals surface area contributed by atoms with E-state index in [0.717, 1.165) is 31.2 Å². The Morgan fingerprint density at radius 2 is 2.21 bits per heavy atom. The minimum absolute atomic E-state index is 0.261. The van der Waals surface area contributed by atoms with Crippen LogP contribution in [0, 0.1) is 11.7 Å². The summed E-state index contributed by atoms with van der Waals surface area (Å²) in [4.78, 5) is 19.1. The number of aromatic nitrogens is 1. The maximum Gasteiger partial charge on any atom is 0.258 e. The van der Waals surface area contributed by atoms with Crippen molar-refractivity contribution in [3.8, 4) is 0 Å². The summed E-state index contributed by atoms with van der Waals surface area (Å²) in [6, 6.07) is 4.04. The van der Waals surface area contributed by atoms with Crippen LogP contribution in [0.3, 0.4) is 0 Å². The highest BCUT2D eigenvalue weighted by molar-refractivity contribution is 9.10. The molecule has 2 heterocycles. The van der Waals surface area contributed by atoms with Crippen molar-refractivity contribution in [2.75, 3.05) is 18.4 Å². The van der Waals surface area contributed by atoms with Gasteiger partial charge in [-0.25, -0.2) is 9.37 Å².